The summed E-state index contributed by atoms with van der Waals surface area (Å²) in [7, 11) is 0. The van der Waals surface area contributed by atoms with Crippen molar-refractivity contribution in [3.8, 4) is 0 Å². The Balaban J connectivity index is 1.78. The van der Waals surface area contributed by atoms with Gasteiger partial charge in [0.15, 0.2) is 0 Å². The van der Waals surface area contributed by atoms with Crippen molar-refractivity contribution in [2.75, 3.05) is 13.1 Å². The molecule has 5 nitrogen and oxygen atoms in total. The molecule has 1 fully saturated rings. The molecule has 2 heterocycles. The minimum Gasteiger partial charge on any atom is -0.417 e. The minimum absolute atomic E-state index is 0.123. The van der Waals surface area contributed by atoms with Gasteiger partial charge in [-0.15, -0.1) is 10.2 Å². The van der Waals surface area contributed by atoms with Crippen LogP contribution in [-0.4, -0.2) is 34.1 Å². The summed E-state index contributed by atoms with van der Waals surface area (Å²) in [6.07, 6.45) is -3.55. The summed E-state index contributed by atoms with van der Waals surface area (Å²) in [6.45, 7) is 0.625. The first kappa shape index (κ1) is 18.0. The average Bonchev–Trinajstić information content (AvgIpc) is 3.07. The second kappa shape index (κ2) is 6.84. The van der Waals surface area contributed by atoms with E-state index in [2.05, 4.69) is 10.2 Å². The van der Waals surface area contributed by atoms with Crippen LogP contribution in [0.15, 0.2) is 22.6 Å². The quantitative estimate of drug-likeness (QED) is 0.757. The van der Waals surface area contributed by atoms with E-state index in [-0.39, 0.29) is 28.9 Å². The fourth-order valence-corrected chi connectivity index (χ4v) is 3.08. The lowest BCUT2D eigenvalue weighted by atomic mass is 9.97. The number of alkyl halides is 3. The first-order chi connectivity index (χ1) is 11.8. The molecular weight excluding hydrogens is 382 g/mol. The van der Waals surface area contributed by atoms with Crippen LogP contribution in [0.3, 0.4) is 0 Å². The Morgan fingerprint density at radius 1 is 1.28 bits per heavy atom. The predicted octanol–water partition coefficient (Wildman–Crippen LogP) is 4.42. The number of carbonyl (C=O) groups excluding carboxylic acids is 1. The zero-order valence-electron chi connectivity index (χ0n) is 12.7. The first-order valence-electron chi connectivity index (χ1n) is 7.40. The van der Waals surface area contributed by atoms with Gasteiger partial charge in [0.2, 0.25) is 5.89 Å². The highest BCUT2D eigenvalue weighted by Crippen LogP contribution is 2.33. The molecule has 3 rings (SSSR count). The number of hydrogen-bond acceptors (Lipinski definition) is 4. The van der Waals surface area contributed by atoms with Crippen molar-refractivity contribution in [2.24, 2.45) is 0 Å². The van der Waals surface area contributed by atoms with E-state index in [1.807, 2.05) is 0 Å². The molecule has 1 atom stereocenters. The van der Waals surface area contributed by atoms with Crippen molar-refractivity contribution in [2.45, 2.75) is 24.9 Å². The molecule has 0 unspecified atom stereocenters. The highest BCUT2D eigenvalue weighted by Gasteiger charge is 2.39. The van der Waals surface area contributed by atoms with Crippen LogP contribution in [0, 0.1) is 0 Å². The molecule has 1 aliphatic heterocycles. The Morgan fingerprint density at radius 3 is 2.72 bits per heavy atom. The number of piperidine rings is 1. The van der Waals surface area contributed by atoms with Gasteiger partial charge in [-0.1, -0.05) is 23.2 Å². The van der Waals surface area contributed by atoms with E-state index in [1.165, 1.54) is 17.0 Å². The van der Waals surface area contributed by atoms with Crippen LogP contribution in [0.5, 0.6) is 0 Å². The molecule has 0 spiro atoms. The van der Waals surface area contributed by atoms with Crippen LogP contribution in [0.4, 0.5) is 13.2 Å². The number of nitrogens with zero attached hydrogens (tertiary/aromatic N) is 3. The number of likely N-dealkylation sites (tertiary alicyclic amines) is 1. The molecule has 134 valence electrons. The molecule has 0 saturated carbocycles. The van der Waals surface area contributed by atoms with Gasteiger partial charge in [-0.3, -0.25) is 4.79 Å². The second-order valence-corrected chi connectivity index (χ2v) is 6.50. The van der Waals surface area contributed by atoms with E-state index in [4.69, 9.17) is 27.6 Å². The summed E-state index contributed by atoms with van der Waals surface area (Å²) < 4.78 is 42.5. The number of aromatic nitrogens is 2. The molecule has 0 radical (unpaired) electrons. The largest absolute Gasteiger partial charge is 0.470 e. The zero-order valence-corrected chi connectivity index (χ0v) is 14.2. The molecule has 1 amide bonds. The highest BCUT2D eigenvalue weighted by atomic mass is 35.5. The van der Waals surface area contributed by atoms with Gasteiger partial charge in [0.05, 0.1) is 16.5 Å². The molecule has 1 saturated heterocycles. The van der Waals surface area contributed by atoms with Crippen molar-refractivity contribution in [1.29, 1.82) is 0 Å². The maximum atomic E-state index is 12.7. The Hall–Kier alpha value is -1.80. The molecule has 1 aromatic carbocycles. The molecule has 0 aliphatic carbocycles. The monoisotopic (exact) mass is 393 g/mol. The zero-order chi connectivity index (χ0) is 18.2. The highest BCUT2D eigenvalue weighted by molar-refractivity contribution is 6.35. The van der Waals surface area contributed by atoms with E-state index in [0.29, 0.717) is 24.4 Å². The van der Waals surface area contributed by atoms with Crippen LogP contribution in [-0.2, 0) is 6.18 Å². The molecule has 25 heavy (non-hydrogen) atoms. The topological polar surface area (TPSA) is 59.2 Å². The summed E-state index contributed by atoms with van der Waals surface area (Å²) in [6, 6.07) is 4.55. The van der Waals surface area contributed by atoms with E-state index in [9.17, 15) is 18.0 Å². The SMILES string of the molecule is O=C(c1cc(Cl)ccc1Cl)N1CCC[C@H](c2nnc(C(F)(F)F)o2)C1. The van der Waals surface area contributed by atoms with Crippen LogP contribution >= 0.6 is 23.2 Å². The minimum atomic E-state index is -4.69. The average molecular weight is 394 g/mol. The smallest absolute Gasteiger partial charge is 0.417 e. The first-order valence-corrected chi connectivity index (χ1v) is 8.16. The molecule has 1 aromatic heterocycles. The number of benzene rings is 1. The molecule has 10 heteroatoms. The van der Waals surface area contributed by atoms with E-state index < -0.39 is 18.0 Å². The summed E-state index contributed by atoms with van der Waals surface area (Å²) in [4.78, 5) is 14.2. The van der Waals surface area contributed by atoms with Crippen molar-refractivity contribution < 1.29 is 22.4 Å². The predicted molar refractivity (Wildman–Crippen MR) is 83.6 cm³/mol. The standard InChI is InChI=1S/C15H12Cl2F3N3O2/c16-9-3-4-11(17)10(6-9)13(24)23-5-1-2-8(7-23)12-21-22-14(25-12)15(18,19)20/h3-4,6,8H,1-2,5,7H2/t8-/m0/s1. The Kier molecular flexibility index (Phi) is 4.92. The van der Waals surface area contributed by atoms with Gasteiger partial charge in [-0.2, -0.15) is 13.2 Å². The third-order valence-electron chi connectivity index (χ3n) is 3.90. The maximum Gasteiger partial charge on any atom is 0.470 e. The normalized spacial score (nSPS) is 18.4. The summed E-state index contributed by atoms with van der Waals surface area (Å²) in [5.74, 6) is -2.31. The van der Waals surface area contributed by atoms with Gasteiger partial charge >= 0.3 is 12.1 Å². The van der Waals surface area contributed by atoms with Crippen LogP contribution in [0.25, 0.3) is 0 Å². The lowest BCUT2D eigenvalue weighted by Gasteiger charge is -2.31. The van der Waals surface area contributed by atoms with Crippen LogP contribution in [0.2, 0.25) is 10.0 Å². The van der Waals surface area contributed by atoms with Crippen LogP contribution in [0.1, 0.15) is 40.9 Å². The van der Waals surface area contributed by atoms with E-state index in [0.717, 1.165) is 0 Å². The summed E-state index contributed by atoms with van der Waals surface area (Å²) in [5, 5.41) is 7.14. The molecular formula is C15H12Cl2F3N3O2. The van der Waals surface area contributed by atoms with Crippen molar-refractivity contribution in [3.05, 3.63) is 45.6 Å². The summed E-state index contributed by atoms with van der Waals surface area (Å²) in [5.41, 5.74) is 0.247. The summed E-state index contributed by atoms with van der Waals surface area (Å²) >= 11 is 11.9. The molecule has 1 aliphatic rings. The number of rotatable bonds is 2. The van der Waals surface area contributed by atoms with Gasteiger partial charge in [-0.05, 0) is 31.0 Å². The van der Waals surface area contributed by atoms with Crippen LogP contribution < -0.4 is 0 Å². The van der Waals surface area contributed by atoms with Gasteiger partial charge in [-0.25, -0.2) is 0 Å². The number of amides is 1. The Morgan fingerprint density at radius 2 is 2.04 bits per heavy atom. The van der Waals surface area contributed by atoms with Gasteiger partial charge in [0.1, 0.15) is 0 Å². The van der Waals surface area contributed by atoms with Crippen molar-refractivity contribution >= 4 is 29.1 Å². The van der Waals surface area contributed by atoms with Gasteiger partial charge < -0.3 is 9.32 Å². The van der Waals surface area contributed by atoms with Gasteiger partial charge in [0.25, 0.3) is 5.91 Å². The lowest BCUT2D eigenvalue weighted by molar-refractivity contribution is -0.157. The lowest BCUT2D eigenvalue weighted by Crippen LogP contribution is -2.39. The fraction of sp³-hybridized carbons (Fsp3) is 0.400. The Bertz CT molecular complexity index is 795. The second-order valence-electron chi connectivity index (χ2n) is 5.66. The number of hydrogen-bond donors (Lipinski definition) is 0. The number of halogens is 5. The Labute approximate surface area is 150 Å². The maximum absolute atomic E-state index is 12.7. The fourth-order valence-electron chi connectivity index (χ4n) is 2.71. The molecule has 2 aromatic rings. The third kappa shape index (κ3) is 3.90. The van der Waals surface area contributed by atoms with E-state index in [1.54, 1.807) is 6.07 Å². The van der Waals surface area contributed by atoms with Crippen molar-refractivity contribution in [1.82, 2.24) is 15.1 Å². The van der Waals surface area contributed by atoms with Gasteiger partial charge in [0, 0.05) is 18.1 Å². The van der Waals surface area contributed by atoms with Crippen molar-refractivity contribution in [3.63, 3.8) is 0 Å². The number of carbonyl (C=O) groups is 1. The third-order valence-corrected chi connectivity index (χ3v) is 4.46. The van der Waals surface area contributed by atoms with E-state index >= 15 is 0 Å². The molecule has 0 N–H and O–H groups in total. The molecule has 0 bridgehead atoms.